The summed E-state index contributed by atoms with van der Waals surface area (Å²) >= 11 is 2.22. The quantitative estimate of drug-likeness (QED) is 0.830. The van der Waals surface area contributed by atoms with E-state index < -0.39 is 0 Å². The minimum absolute atomic E-state index is 0.333. The topological polar surface area (TPSA) is 55.1 Å². The van der Waals surface area contributed by atoms with Crippen molar-refractivity contribution in [2.45, 2.75) is 13.0 Å². The molecule has 0 saturated carbocycles. The van der Waals surface area contributed by atoms with E-state index >= 15 is 0 Å². The minimum Gasteiger partial charge on any atom is -0.374 e. The molecule has 3 nitrogen and oxygen atoms in total. The standard InChI is InChI=1S/C9H11IN2O/c1-6(9(11)13)12-8-4-2-7(10)3-5-8/h2-6,12H,1H3,(H2,11,13)/t6-/m1/s1. The van der Waals surface area contributed by atoms with Crippen molar-refractivity contribution >= 4 is 34.2 Å². The zero-order chi connectivity index (χ0) is 9.84. The highest BCUT2D eigenvalue weighted by Crippen LogP contribution is 2.11. The molecule has 0 spiro atoms. The van der Waals surface area contributed by atoms with E-state index in [0.717, 1.165) is 9.26 Å². The third kappa shape index (κ3) is 3.22. The molecule has 0 aromatic heterocycles. The van der Waals surface area contributed by atoms with Gasteiger partial charge in [0.1, 0.15) is 6.04 Å². The van der Waals surface area contributed by atoms with Gasteiger partial charge in [0.25, 0.3) is 0 Å². The van der Waals surface area contributed by atoms with Crippen molar-refractivity contribution in [3.63, 3.8) is 0 Å². The Bertz CT molecular complexity index is 297. The number of carbonyl (C=O) groups excluding carboxylic acids is 1. The fourth-order valence-corrected chi connectivity index (χ4v) is 1.23. The smallest absolute Gasteiger partial charge is 0.239 e. The molecule has 0 heterocycles. The summed E-state index contributed by atoms with van der Waals surface area (Å²) in [4.78, 5) is 10.7. The lowest BCUT2D eigenvalue weighted by Crippen LogP contribution is -2.32. The lowest BCUT2D eigenvalue weighted by Gasteiger charge is -2.11. The Hall–Kier alpha value is -0.780. The number of nitrogens with one attached hydrogen (secondary N) is 1. The number of halogens is 1. The molecule has 13 heavy (non-hydrogen) atoms. The van der Waals surface area contributed by atoms with Crippen molar-refractivity contribution in [2.24, 2.45) is 5.73 Å². The molecular weight excluding hydrogens is 279 g/mol. The Kier molecular flexibility index (Phi) is 3.53. The second kappa shape index (κ2) is 4.45. The lowest BCUT2D eigenvalue weighted by molar-refractivity contribution is -0.118. The molecule has 0 aliphatic heterocycles. The van der Waals surface area contributed by atoms with Crippen molar-refractivity contribution < 1.29 is 4.79 Å². The van der Waals surface area contributed by atoms with Gasteiger partial charge in [-0.1, -0.05) is 0 Å². The van der Waals surface area contributed by atoms with Crippen LogP contribution >= 0.6 is 22.6 Å². The number of nitrogens with two attached hydrogens (primary N) is 1. The molecule has 1 aromatic rings. The molecule has 1 rings (SSSR count). The summed E-state index contributed by atoms with van der Waals surface area (Å²) in [6.45, 7) is 1.74. The third-order valence-electron chi connectivity index (χ3n) is 1.65. The van der Waals surface area contributed by atoms with Gasteiger partial charge in [-0.3, -0.25) is 4.79 Å². The van der Waals surface area contributed by atoms with Gasteiger partial charge in [0.2, 0.25) is 5.91 Å². The van der Waals surface area contributed by atoms with Gasteiger partial charge in [-0.25, -0.2) is 0 Å². The minimum atomic E-state index is -0.349. The monoisotopic (exact) mass is 290 g/mol. The van der Waals surface area contributed by atoms with Gasteiger partial charge >= 0.3 is 0 Å². The van der Waals surface area contributed by atoms with Crippen molar-refractivity contribution in [3.05, 3.63) is 27.8 Å². The Morgan fingerprint density at radius 1 is 1.46 bits per heavy atom. The van der Waals surface area contributed by atoms with Crippen LogP contribution in [0.3, 0.4) is 0 Å². The van der Waals surface area contributed by atoms with Crippen molar-refractivity contribution in [1.82, 2.24) is 0 Å². The molecule has 0 aliphatic carbocycles. The zero-order valence-corrected chi connectivity index (χ0v) is 9.41. The SMILES string of the molecule is C[C@@H](Nc1ccc(I)cc1)C(N)=O. The maximum atomic E-state index is 10.7. The molecule has 0 fully saturated rings. The number of amides is 1. The number of benzene rings is 1. The Morgan fingerprint density at radius 3 is 2.46 bits per heavy atom. The van der Waals surface area contributed by atoms with Crippen LogP contribution < -0.4 is 11.1 Å². The van der Waals surface area contributed by atoms with E-state index in [1.54, 1.807) is 6.92 Å². The summed E-state index contributed by atoms with van der Waals surface area (Å²) < 4.78 is 1.16. The van der Waals surface area contributed by atoms with Crippen LogP contribution in [0.5, 0.6) is 0 Å². The van der Waals surface area contributed by atoms with E-state index in [4.69, 9.17) is 5.73 Å². The predicted octanol–water partition coefficient (Wildman–Crippen LogP) is 1.58. The van der Waals surface area contributed by atoms with Crippen molar-refractivity contribution in [1.29, 1.82) is 0 Å². The molecule has 4 heteroatoms. The van der Waals surface area contributed by atoms with Gasteiger partial charge in [-0.05, 0) is 53.8 Å². The predicted molar refractivity (Wildman–Crippen MR) is 61.4 cm³/mol. The van der Waals surface area contributed by atoms with E-state index in [1.165, 1.54) is 0 Å². The summed E-state index contributed by atoms with van der Waals surface area (Å²) in [5, 5.41) is 2.99. The Morgan fingerprint density at radius 2 is 2.00 bits per heavy atom. The van der Waals surface area contributed by atoms with Crippen molar-refractivity contribution in [2.75, 3.05) is 5.32 Å². The third-order valence-corrected chi connectivity index (χ3v) is 2.37. The fraction of sp³-hybridized carbons (Fsp3) is 0.222. The molecule has 1 aromatic carbocycles. The second-order valence-corrected chi connectivity index (χ2v) is 4.02. The van der Waals surface area contributed by atoms with E-state index in [1.807, 2.05) is 24.3 Å². The van der Waals surface area contributed by atoms with Crippen LogP contribution in [0.25, 0.3) is 0 Å². The first kappa shape index (κ1) is 10.3. The zero-order valence-electron chi connectivity index (χ0n) is 7.25. The first-order valence-electron chi connectivity index (χ1n) is 3.91. The van der Waals surface area contributed by atoms with Crippen LogP contribution in [0.2, 0.25) is 0 Å². The number of hydrogen-bond acceptors (Lipinski definition) is 2. The number of hydrogen-bond donors (Lipinski definition) is 2. The van der Waals surface area contributed by atoms with Crippen molar-refractivity contribution in [3.8, 4) is 0 Å². The molecule has 0 unspecified atom stereocenters. The lowest BCUT2D eigenvalue weighted by atomic mass is 10.2. The van der Waals surface area contributed by atoms with E-state index in [2.05, 4.69) is 27.9 Å². The number of primary amides is 1. The number of anilines is 1. The summed E-state index contributed by atoms with van der Waals surface area (Å²) in [7, 11) is 0. The number of rotatable bonds is 3. The summed E-state index contributed by atoms with van der Waals surface area (Å²) in [6.07, 6.45) is 0. The molecule has 0 radical (unpaired) electrons. The molecule has 1 atom stereocenters. The summed E-state index contributed by atoms with van der Waals surface area (Å²) in [6, 6.07) is 7.44. The van der Waals surface area contributed by atoms with Crippen LogP contribution in [0.15, 0.2) is 24.3 Å². The van der Waals surface area contributed by atoms with Crippen LogP contribution in [-0.4, -0.2) is 11.9 Å². The molecule has 70 valence electrons. The second-order valence-electron chi connectivity index (χ2n) is 2.78. The molecule has 0 saturated heterocycles. The molecule has 3 N–H and O–H groups in total. The van der Waals surface area contributed by atoms with Gasteiger partial charge in [0.05, 0.1) is 0 Å². The largest absolute Gasteiger partial charge is 0.374 e. The average Bonchev–Trinajstić information content (AvgIpc) is 2.08. The van der Waals surface area contributed by atoms with Gasteiger partial charge in [-0.2, -0.15) is 0 Å². The van der Waals surface area contributed by atoms with Gasteiger partial charge in [0, 0.05) is 9.26 Å². The van der Waals surface area contributed by atoms with Crippen LogP contribution in [0, 0.1) is 3.57 Å². The maximum absolute atomic E-state index is 10.7. The fourth-order valence-electron chi connectivity index (χ4n) is 0.867. The highest BCUT2D eigenvalue weighted by Gasteiger charge is 2.06. The van der Waals surface area contributed by atoms with Gasteiger partial charge < -0.3 is 11.1 Å². The van der Waals surface area contributed by atoms with E-state index in [9.17, 15) is 4.79 Å². The highest BCUT2D eigenvalue weighted by molar-refractivity contribution is 14.1. The first-order chi connectivity index (χ1) is 6.09. The van der Waals surface area contributed by atoms with Crippen LogP contribution in [0.1, 0.15) is 6.92 Å². The number of carbonyl (C=O) groups is 1. The summed E-state index contributed by atoms with van der Waals surface area (Å²) in [5.41, 5.74) is 6.02. The van der Waals surface area contributed by atoms with Gasteiger partial charge in [0.15, 0.2) is 0 Å². The molecule has 1 amide bonds. The highest BCUT2D eigenvalue weighted by atomic mass is 127. The van der Waals surface area contributed by atoms with Gasteiger partial charge in [-0.15, -0.1) is 0 Å². The molecule has 0 bridgehead atoms. The van der Waals surface area contributed by atoms with Crippen LogP contribution in [0.4, 0.5) is 5.69 Å². The normalized spacial score (nSPS) is 12.2. The Labute approximate surface area is 90.8 Å². The van der Waals surface area contributed by atoms with Crippen LogP contribution in [-0.2, 0) is 4.79 Å². The van der Waals surface area contributed by atoms with E-state index in [0.29, 0.717) is 0 Å². The maximum Gasteiger partial charge on any atom is 0.239 e. The molecular formula is C9H11IN2O. The van der Waals surface area contributed by atoms with E-state index in [-0.39, 0.29) is 11.9 Å². The molecule has 0 aliphatic rings. The Balaban J connectivity index is 2.64. The first-order valence-corrected chi connectivity index (χ1v) is 4.99. The summed E-state index contributed by atoms with van der Waals surface area (Å²) in [5.74, 6) is -0.349. The average molecular weight is 290 g/mol.